The van der Waals surface area contributed by atoms with Crippen molar-refractivity contribution < 1.29 is 5.11 Å². The van der Waals surface area contributed by atoms with Crippen molar-refractivity contribution in [3.63, 3.8) is 0 Å². The van der Waals surface area contributed by atoms with Gasteiger partial charge in [-0.3, -0.25) is 0 Å². The van der Waals surface area contributed by atoms with Crippen LogP contribution in [-0.4, -0.2) is 26.7 Å². The lowest BCUT2D eigenvalue weighted by molar-refractivity contribution is 0.298. The Morgan fingerprint density at radius 3 is 2.50 bits per heavy atom. The topological polar surface area (TPSA) is 50.9 Å². The van der Waals surface area contributed by atoms with Crippen molar-refractivity contribution in [2.24, 2.45) is 0 Å². The number of nitrogens with zero attached hydrogens (tertiary/aromatic N) is 3. The molecule has 4 nitrogen and oxygen atoms in total. The minimum atomic E-state index is 0.103. The molecule has 1 heterocycles. The van der Waals surface area contributed by atoms with Crippen LogP contribution >= 0.6 is 0 Å². The summed E-state index contributed by atoms with van der Waals surface area (Å²) in [6.45, 7) is 4.22. The van der Waals surface area contributed by atoms with Crippen LogP contribution in [0.4, 0.5) is 0 Å². The van der Waals surface area contributed by atoms with Crippen molar-refractivity contribution in [2.45, 2.75) is 20.3 Å². The number of hydrogen-bond acceptors (Lipinski definition) is 3. The van der Waals surface area contributed by atoms with Gasteiger partial charge in [-0.05, 0) is 37.1 Å². The smallest absolute Gasteiger partial charge is 0.0854 e. The Hall–Kier alpha value is -1.68. The molecule has 1 N–H and O–H groups in total. The first-order valence-electron chi connectivity index (χ1n) is 5.30. The summed E-state index contributed by atoms with van der Waals surface area (Å²) < 4.78 is 1.74. The van der Waals surface area contributed by atoms with Crippen molar-refractivity contribution in [1.29, 1.82) is 0 Å². The van der Waals surface area contributed by atoms with Gasteiger partial charge in [-0.15, -0.1) is 5.10 Å². The van der Waals surface area contributed by atoms with Gasteiger partial charge in [0.25, 0.3) is 0 Å². The maximum absolute atomic E-state index is 8.81. The number of hydrogen-bond donors (Lipinski definition) is 1. The highest BCUT2D eigenvalue weighted by molar-refractivity contribution is 5.38. The van der Waals surface area contributed by atoms with Crippen LogP contribution in [0.3, 0.4) is 0 Å². The Morgan fingerprint density at radius 1 is 1.19 bits per heavy atom. The van der Waals surface area contributed by atoms with Crippen LogP contribution in [-0.2, 0) is 6.42 Å². The summed E-state index contributed by atoms with van der Waals surface area (Å²) in [5, 5.41) is 16.8. The van der Waals surface area contributed by atoms with Gasteiger partial charge in [0, 0.05) is 13.0 Å². The Balaban J connectivity index is 2.34. The quantitative estimate of drug-likeness (QED) is 0.846. The number of rotatable bonds is 3. The molecule has 0 bridgehead atoms. The first-order valence-corrected chi connectivity index (χ1v) is 5.30. The second kappa shape index (κ2) is 4.45. The van der Waals surface area contributed by atoms with E-state index in [4.69, 9.17) is 5.11 Å². The molecule has 1 aromatic heterocycles. The van der Waals surface area contributed by atoms with Crippen LogP contribution in [0.15, 0.2) is 24.4 Å². The molecule has 0 saturated carbocycles. The van der Waals surface area contributed by atoms with Crippen LogP contribution in [0.2, 0.25) is 0 Å². The lowest BCUT2D eigenvalue weighted by Crippen LogP contribution is -1.96. The molecular weight excluding hydrogens is 202 g/mol. The first-order chi connectivity index (χ1) is 7.69. The monoisotopic (exact) mass is 217 g/mol. The van der Waals surface area contributed by atoms with Crippen molar-refractivity contribution in [2.75, 3.05) is 6.61 Å². The van der Waals surface area contributed by atoms with Crippen LogP contribution in [0.1, 0.15) is 16.8 Å². The predicted octanol–water partition coefficient (Wildman–Crippen LogP) is 1.42. The van der Waals surface area contributed by atoms with E-state index in [0.29, 0.717) is 6.42 Å². The molecule has 0 fully saturated rings. The fraction of sp³-hybridized carbons (Fsp3) is 0.333. The normalized spacial score (nSPS) is 10.7. The molecule has 0 spiro atoms. The number of aliphatic hydroxyl groups excluding tert-OH is 1. The molecule has 0 aliphatic heterocycles. The van der Waals surface area contributed by atoms with Crippen LogP contribution in [0.25, 0.3) is 5.69 Å². The van der Waals surface area contributed by atoms with Gasteiger partial charge in [0.2, 0.25) is 0 Å². The molecule has 4 heteroatoms. The minimum Gasteiger partial charge on any atom is -0.396 e. The van der Waals surface area contributed by atoms with E-state index in [1.165, 1.54) is 11.1 Å². The van der Waals surface area contributed by atoms with Gasteiger partial charge in [-0.1, -0.05) is 11.3 Å². The highest BCUT2D eigenvalue weighted by atomic mass is 16.3. The zero-order chi connectivity index (χ0) is 11.5. The lowest BCUT2D eigenvalue weighted by Gasteiger charge is -2.03. The molecule has 84 valence electrons. The number of aromatic nitrogens is 3. The SMILES string of the molecule is Cc1cc(C)cc(-n2cc(CCO)nn2)c1. The van der Waals surface area contributed by atoms with Gasteiger partial charge in [0.15, 0.2) is 0 Å². The van der Waals surface area contributed by atoms with E-state index in [1.54, 1.807) is 4.68 Å². The Bertz CT molecular complexity index is 471. The van der Waals surface area contributed by atoms with Crippen molar-refractivity contribution >= 4 is 0 Å². The van der Waals surface area contributed by atoms with Crippen LogP contribution < -0.4 is 0 Å². The van der Waals surface area contributed by atoms with Crippen molar-refractivity contribution in [3.05, 3.63) is 41.2 Å². The van der Waals surface area contributed by atoms with Crippen molar-refractivity contribution in [3.8, 4) is 5.69 Å². The second-order valence-corrected chi connectivity index (χ2v) is 3.97. The van der Waals surface area contributed by atoms with Gasteiger partial charge < -0.3 is 5.11 Å². The van der Waals surface area contributed by atoms with E-state index >= 15 is 0 Å². The van der Waals surface area contributed by atoms with E-state index in [-0.39, 0.29) is 6.61 Å². The molecule has 0 unspecified atom stereocenters. The molecule has 0 saturated heterocycles. The van der Waals surface area contributed by atoms with E-state index in [1.807, 2.05) is 6.20 Å². The third kappa shape index (κ3) is 2.28. The van der Waals surface area contributed by atoms with E-state index in [0.717, 1.165) is 11.4 Å². The van der Waals surface area contributed by atoms with Crippen LogP contribution in [0, 0.1) is 13.8 Å². The first kappa shape index (κ1) is 10.8. The van der Waals surface area contributed by atoms with Crippen molar-refractivity contribution in [1.82, 2.24) is 15.0 Å². The number of aryl methyl sites for hydroxylation is 2. The Kier molecular flexibility index (Phi) is 3.01. The molecule has 0 amide bonds. The maximum Gasteiger partial charge on any atom is 0.0854 e. The predicted molar refractivity (Wildman–Crippen MR) is 61.6 cm³/mol. The Labute approximate surface area is 94.5 Å². The summed E-state index contributed by atoms with van der Waals surface area (Å²) in [5.41, 5.74) is 4.22. The Morgan fingerprint density at radius 2 is 1.88 bits per heavy atom. The molecule has 2 aromatic rings. The molecule has 1 aromatic carbocycles. The second-order valence-electron chi connectivity index (χ2n) is 3.97. The highest BCUT2D eigenvalue weighted by Gasteiger charge is 2.03. The minimum absolute atomic E-state index is 0.103. The fourth-order valence-corrected chi connectivity index (χ4v) is 1.74. The zero-order valence-electron chi connectivity index (χ0n) is 9.51. The van der Waals surface area contributed by atoms with Gasteiger partial charge in [0.05, 0.1) is 17.6 Å². The molecule has 0 radical (unpaired) electrons. The summed E-state index contributed by atoms with van der Waals surface area (Å²) in [7, 11) is 0. The zero-order valence-corrected chi connectivity index (χ0v) is 9.51. The number of aliphatic hydroxyl groups is 1. The number of benzene rings is 1. The third-order valence-electron chi connectivity index (χ3n) is 2.38. The largest absolute Gasteiger partial charge is 0.396 e. The fourth-order valence-electron chi connectivity index (χ4n) is 1.74. The molecule has 2 rings (SSSR count). The van der Waals surface area contributed by atoms with Gasteiger partial charge in [-0.2, -0.15) is 0 Å². The lowest BCUT2D eigenvalue weighted by atomic mass is 10.1. The summed E-state index contributed by atoms with van der Waals surface area (Å²) >= 11 is 0. The molecule has 0 aliphatic rings. The molecular formula is C12H15N3O. The molecule has 16 heavy (non-hydrogen) atoms. The van der Waals surface area contributed by atoms with Crippen LogP contribution in [0.5, 0.6) is 0 Å². The van der Waals surface area contributed by atoms with Gasteiger partial charge >= 0.3 is 0 Å². The van der Waals surface area contributed by atoms with Gasteiger partial charge in [0.1, 0.15) is 0 Å². The average molecular weight is 217 g/mol. The molecule has 0 atom stereocenters. The summed E-state index contributed by atoms with van der Waals surface area (Å²) in [6.07, 6.45) is 2.40. The van der Waals surface area contributed by atoms with E-state index in [9.17, 15) is 0 Å². The maximum atomic E-state index is 8.81. The third-order valence-corrected chi connectivity index (χ3v) is 2.38. The highest BCUT2D eigenvalue weighted by Crippen LogP contribution is 2.12. The summed E-state index contributed by atoms with van der Waals surface area (Å²) in [5.74, 6) is 0. The average Bonchev–Trinajstić information content (AvgIpc) is 2.65. The molecule has 0 aliphatic carbocycles. The standard InChI is InChI=1S/C12H15N3O/c1-9-5-10(2)7-12(6-9)15-8-11(3-4-16)13-14-15/h5-8,16H,3-4H2,1-2H3. The van der Waals surface area contributed by atoms with E-state index in [2.05, 4.69) is 42.4 Å². The van der Waals surface area contributed by atoms with Gasteiger partial charge in [-0.25, -0.2) is 4.68 Å². The summed E-state index contributed by atoms with van der Waals surface area (Å²) in [4.78, 5) is 0. The summed E-state index contributed by atoms with van der Waals surface area (Å²) in [6, 6.07) is 6.24. The van der Waals surface area contributed by atoms with E-state index < -0.39 is 0 Å².